The van der Waals surface area contributed by atoms with E-state index in [-0.39, 0.29) is 13.2 Å². The van der Waals surface area contributed by atoms with E-state index in [0.29, 0.717) is 18.0 Å². The monoisotopic (exact) mass is 345 g/mol. The van der Waals surface area contributed by atoms with Gasteiger partial charge in [-0.15, -0.1) is 4.91 Å². The van der Waals surface area contributed by atoms with Crippen molar-refractivity contribution in [2.45, 2.75) is 20.3 Å². The lowest BCUT2D eigenvalue weighted by Crippen LogP contribution is -2.21. The molecule has 1 rings (SSSR count). The SMILES string of the molecule is C=N/C(=C\C=C/C)N(CCOc1cccc(CC(C)C(=O)O)c1)N=O. The van der Waals surface area contributed by atoms with Crippen molar-refractivity contribution in [3.8, 4) is 5.75 Å². The molecule has 0 saturated carbocycles. The number of ether oxygens (including phenoxy) is 1. The molecule has 1 atom stereocenters. The third kappa shape index (κ3) is 6.99. The molecular weight excluding hydrogens is 322 g/mol. The van der Waals surface area contributed by atoms with Crippen molar-refractivity contribution >= 4 is 12.7 Å². The van der Waals surface area contributed by atoms with Gasteiger partial charge in [-0.05, 0) is 43.8 Å². The largest absolute Gasteiger partial charge is 0.492 e. The first kappa shape index (κ1) is 20.1. The quantitative estimate of drug-likeness (QED) is 0.287. The second-order valence-corrected chi connectivity index (χ2v) is 5.35. The number of nitrogens with zero attached hydrogens (tertiary/aromatic N) is 3. The normalized spacial score (nSPS) is 12.6. The van der Waals surface area contributed by atoms with Crippen LogP contribution in [-0.4, -0.2) is 36.0 Å². The van der Waals surface area contributed by atoms with Gasteiger partial charge in [-0.2, -0.15) is 0 Å². The first-order valence-corrected chi connectivity index (χ1v) is 7.86. The number of benzene rings is 1. The number of aliphatic imine (C=N–C) groups is 1. The molecule has 0 aliphatic carbocycles. The molecule has 25 heavy (non-hydrogen) atoms. The summed E-state index contributed by atoms with van der Waals surface area (Å²) in [4.78, 5) is 25.7. The number of carboxylic acids is 1. The van der Waals surface area contributed by atoms with Gasteiger partial charge in [0.05, 0.1) is 17.7 Å². The zero-order valence-electron chi connectivity index (χ0n) is 14.5. The smallest absolute Gasteiger partial charge is 0.306 e. The number of aliphatic carboxylic acids is 1. The summed E-state index contributed by atoms with van der Waals surface area (Å²) in [7, 11) is 0. The molecule has 0 spiro atoms. The molecule has 0 heterocycles. The molecule has 0 fully saturated rings. The Morgan fingerprint density at radius 1 is 1.48 bits per heavy atom. The third-order valence-corrected chi connectivity index (χ3v) is 3.40. The number of allylic oxidation sites excluding steroid dienone is 3. The summed E-state index contributed by atoms with van der Waals surface area (Å²) >= 11 is 0. The number of carbonyl (C=O) groups is 1. The van der Waals surface area contributed by atoms with E-state index in [9.17, 15) is 9.70 Å². The summed E-state index contributed by atoms with van der Waals surface area (Å²) < 4.78 is 5.62. The lowest BCUT2D eigenvalue weighted by atomic mass is 10.0. The minimum atomic E-state index is -0.837. The molecule has 1 N–H and O–H groups in total. The van der Waals surface area contributed by atoms with Gasteiger partial charge in [0.2, 0.25) is 0 Å². The summed E-state index contributed by atoms with van der Waals surface area (Å²) in [5.74, 6) is -0.369. The predicted octanol–water partition coefficient (Wildman–Crippen LogP) is 3.43. The van der Waals surface area contributed by atoms with Crippen LogP contribution >= 0.6 is 0 Å². The van der Waals surface area contributed by atoms with Crippen LogP contribution in [0, 0.1) is 10.8 Å². The van der Waals surface area contributed by atoms with Crippen molar-refractivity contribution < 1.29 is 14.6 Å². The molecule has 0 saturated heterocycles. The van der Waals surface area contributed by atoms with E-state index in [1.165, 1.54) is 0 Å². The van der Waals surface area contributed by atoms with Crippen molar-refractivity contribution in [3.63, 3.8) is 0 Å². The average Bonchev–Trinajstić information content (AvgIpc) is 2.60. The zero-order chi connectivity index (χ0) is 18.7. The molecule has 1 aromatic carbocycles. The van der Waals surface area contributed by atoms with Gasteiger partial charge in [0.1, 0.15) is 12.4 Å². The fraction of sp³-hybridized carbons (Fsp3) is 0.333. The van der Waals surface area contributed by atoms with Crippen LogP contribution in [0.5, 0.6) is 5.75 Å². The summed E-state index contributed by atoms with van der Waals surface area (Å²) in [6.07, 6.45) is 5.58. The Hall–Kier alpha value is -2.96. The molecule has 7 heteroatoms. The maximum absolute atomic E-state index is 11.0. The second-order valence-electron chi connectivity index (χ2n) is 5.35. The molecule has 1 unspecified atom stereocenters. The number of hydrogen-bond acceptors (Lipinski definition) is 5. The molecule has 0 aliphatic rings. The van der Waals surface area contributed by atoms with Gasteiger partial charge in [-0.1, -0.05) is 31.2 Å². The van der Waals surface area contributed by atoms with Crippen LogP contribution in [0.2, 0.25) is 0 Å². The van der Waals surface area contributed by atoms with Crippen LogP contribution < -0.4 is 4.74 Å². The van der Waals surface area contributed by atoms with Crippen molar-refractivity contribution in [2.24, 2.45) is 16.2 Å². The van der Waals surface area contributed by atoms with Crippen LogP contribution in [0.25, 0.3) is 0 Å². The predicted molar refractivity (Wildman–Crippen MR) is 97.4 cm³/mol. The fourth-order valence-electron chi connectivity index (χ4n) is 2.05. The minimum Gasteiger partial charge on any atom is -0.492 e. The molecule has 7 nitrogen and oxygen atoms in total. The summed E-state index contributed by atoms with van der Waals surface area (Å²) in [6, 6.07) is 7.22. The van der Waals surface area contributed by atoms with Crippen molar-refractivity contribution in [3.05, 3.63) is 58.8 Å². The molecule has 1 aromatic rings. The van der Waals surface area contributed by atoms with Crippen LogP contribution in [0.1, 0.15) is 19.4 Å². The first-order chi connectivity index (χ1) is 12.0. The van der Waals surface area contributed by atoms with Crippen LogP contribution in [-0.2, 0) is 11.2 Å². The number of nitroso groups, excluding NO2 is 1. The summed E-state index contributed by atoms with van der Waals surface area (Å²) in [6.45, 7) is 7.35. The van der Waals surface area contributed by atoms with E-state index in [1.807, 2.05) is 13.0 Å². The van der Waals surface area contributed by atoms with Crippen molar-refractivity contribution in [1.82, 2.24) is 5.01 Å². The molecule has 0 amide bonds. The molecular formula is C18H23N3O4. The Morgan fingerprint density at radius 3 is 2.84 bits per heavy atom. The van der Waals surface area contributed by atoms with Crippen molar-refractivity contribution in [1.29, 1.82) is 0 Å². The highest BCUT2D eigenvalue weighted by Gasteiger charge is 2.12. The highest BCUT2D eigenvalue weighted by Crippen LogP contribution is 2.17. The van der Waals surface area contributed by atoms with E-state index < -0.39 is 11.9 Å². The maximum Gasteiger partial charge on any atom is 0.306 e. The fourth-order valence-corrected chi connectivity index (χ4v) is 2.05. The first-order valence-electron chi connectivity index (χ1n) is 7.86. The Labute approximate surface area is 147 Å². The van der Waals surface area contributed by atoms with Gasteiger partial charge >= 0.3 is 5.97 Å². The third-order valence-electron chi connectivity index (χ3n) is 3.40. The summed E-state index contributed by atoms with van der Waals surface area (Å²) in [5, 5.41) is 13.1. The standard InChI is InChI=1S/C18H23N3O4/c1-4-5-9-17(19-3)21(20-24)10-11-25-16-8-6-7-15(13-16)12-14(2)18(22)23/h4-9,13-14H,3,10-12H2,1-2H3,(H,22,23)/b5-4-,17-9+. The zero-order valence-corrected chi connectivity index (χ0v) is 14.5. The lowest BCUT2D eigenvalue weighted by molar-refractivity contribution is -0.141. The number of carboxylic acid groups (broad SMARTS) is 1. The summed E-state index contributed by atoms with van der Waals surface area (Å²) in [5.41, 5.74) is 0.874. The van der Waals surface area contributed by atoms with E-state index in [0.717, 1.165) is 10.6 Å². The van der Waals surface area contributed by atoms with E-state index in [1.54, 1.807) is 43.4 Å². The van der Waals surface area contributed by atoms with Gasteiger partial charge in [-0.3, -0.25) is 4.79 Å². The van der Waals surface area contributed by atoms with Gasteiger partial charge in [0, 0.05) is 0 Å². The van der Waals surface area contributed by atoms with Crippen LogP contribution in [0.3, 0.4) is 0 Å². The van der Waals surface area contributed by atoms with E-state index in [2.05, 4.69) is 17.0 Å². The molecule has 0 aliphatic heterocycles. The van der Waals surface area contributed by atoms with E-state index in [4.69, 9.17) is 9.84 Å². The van der Waals surface area contributed by atoms with Gasteiger partial charge in [0.15, 0.2) is 5.82 Å². The van der Waals surface area contributed by atoms with Crippen LogP contribution in [0.15, 0.2) is 58.6 Å². The highest BCUT2D eigenvalue weighted by molar-refractivity contribution is 5.69. The Balaban J connectivity index is 2.64. The minimum absolute atomic E-state index is 0.210. The Kier molecular flexibility index (Phi) is 8.63. The average molecular weight is 345 g/mol. The molecule has 0 aromatic heterocycles. The van der Waals surface area contributed by atoms with Crippen LogP contribution in [0.4, 0.5) is 0 Å². The van der Waals surface area contributed by atoms with E-state index >= 15 is 0 Å². The Bertz CT molecular complexity index is 655. The maximum atomic E-state index is 11.0. The topological polar surface area (TPSA) is 91.6 Å². The molecule has 134 valence electrons. The molecule has 0 bridgehead atoms. The number of rotatable bonds is 11. The van der Waals surface area contributed by atoms with Crippen molar-refractivity contribution in [2.75, 3.05) is 13.2 Å². The lowest BCUT2D eigenvalue weighted by Gasteiger charge is -2.15. The van der Waals surface area contributed by atoms with Gasteiger partial charge in [-0.25, -0.2) is 10.0 Å². The second kappa shape index (κ2) is 10.7. The Morgan fingerprint density at radius 2 is 2.24 bits per heavy atom. The molecule has 0 radical (unpaired) electrons. The number of hydrogen-bond donors (Lipinski definition) is 1. The van der Waals surface area contributed by atoms with Gasteiger partial charge < -0.3 is 9.84 Å². The highest BCUT2D eigenvalue weighted by atomic mass is 16.5. The van der Waals surface area contributed by atoms with Gasteiger partial charge in [0.25, 0.3) is 0 Å².